The van der Waals surface area contributed by atoms with E-state index in [1.807, 2.05) is 47.9 Å². The van der Waals surface area contributed by atoms with Gasteiger partial charge in [-0.25, -0.2) is 4.98 Å². The van der Waals surface area contributed by atoms with Gasteiger partial charge in [-0.05, 0) is 19.1 Å². The van der Waals surface area contributed by atoms with Crippen LogP contribution in [-0.4, -0.2) is 46.5 Å². The van der Waals surface area contributed by atoms with Gasteiger partial charge in [-0.1, -0.05) is 19.1 Å². The molecule has 6 heteroatoms. The summed E-state index contributed by atoms with van der Waals surface area (Å²) in [6.45, 7) is 7.05. The zero-order valence-corrected chi connectivity index (χ0v) is 13.7. The lowest BCUT2D eigenvalue weighted by molar-refractivity contribution is -0.131. The molecule has 0 unspecified atom stereocenters. The van der Waals surface area contributed by atoms with Crippen LogP contribution in [0, 0.1) is 0 Å². The number of amides is 1. The summed E-state index contributed by atoms with van der Waals surface area (Å²) in [7, 11) is 0. The maximum Gasteiger partial charge on any atom is 0.293 e. The Kier molecular flexibility index (Phi) is 4.32. The minimum atomic E-state index is -0.0542. The molecule has 1 fully saturated rings. The number of hydrogen-bond acceptors (Lipinski definition) is 4. The predicted molar refractivity (Wildman–Crippen MR) is 90.8 cm³/mol. The van der Waals surface area contributed by atoms with Crippen LogP contribution in [0.2, 0.25) is 0 Å². The molecule has 122 valence electrons. The fourth-order valence-electron chi connectivity index (χ4n) is 3.09. The number of carbonyl (C=O) groups is 1. The van der Waals surface area contributed by atoms with Crippen LogP contribution in [0.25, 0.3) is 11.0 Å². The maximum atomic E-state index is 12.8. The van der Waals surface area contributed by atoms with E-state index in [-0.39, 0.29) is 11.5 Å². The van der Waals surface area contributed by atoms with Gasteiger partial charge >= 0.3 is 0 Å². The molecule has 6 nitrogen and oxygen atoms in total. The van der Waals surface area contributed by atoms with E-state index in [0.29, 0.717) is 45.0 Å². The molecule has 1 aliphatic heterocycles. The topological polar surface area (TPSA) is 58.4 Å². The van der Waals surface area contributed by atoms with Gasteiger partial charge in [0.15, 0.2) is 5.82 Å². The average Bonchev–Trinajstić information content (AvgIpc) is 2.61. The second-order valence-electron chi connectivity index (χ2n) is 5.69. The Labute approximate surface area is 135 Å². The number of para-hydroxylation sites is 2. The Balaban J connectivity index is 1.94. The van der Waals surface area contributed by atoms with E-state index >= 15 is 0 Å². The van der Waals surface area contributed by atoms with E-state index in [2.05, 4.69) is 4.98 Å². The minimum Gasteiger partial charge on any atom is -0.348 e. The third-order valence-corrected chi connectivity index (χ3v) is 4.39. The van der Waals surface area contributed by atoms with Gasteiger partial charge in [-0.3, -0.25) is 9.59 Å². The van der Waals surface area contributed by atoms with Crippen molar-refractivity contribution >= 4 is 22.8 Å². The van der Waals surface area contributed by atoms with Gasteiger partial charge in [0.2, 0.25) is 5.91 Å². The van der Waals surface area contributed by atoms with Crippen LogP contribution in [0.1, 0.15) is 20.3 Å². The number of anilines is 1. The summed E-state index contributed by atoms with van der Waals surface area (Å²) in [5.74, 6) is 0.663. The molecule has 0 aliphatic carbocycles. The molecule has 3 rings (SSSR count). The van der Waals surface area contributed by atoms with E-state index < -0.39 is 0 Å². The number of aryl methyl sites for hydroxylation is 1. The molecule has 1 aromatic heterocycles. The first-order chi connectivity index (χ1) is 11.2. The Morgan fingerprint density at radius 3 is 2.48 bits per heavy atom. The molecule has 0 bridgehead atoms. The number of carbonyl (C=O) groups excluding carboxylic acids is 1. The molecule has 23 heavy (non-hydrogen) atoms. The summed E-state index contributed by atoms with van der Waals surface area (Å²) in [5.41, 5.74) is 1.64. The van der Waals surface area contributed by atoms with Crippen molar-refractivity contribution in [3.63, 3.8) is 0 Å². The first-order valence-electron chi connectivity index (χ1n) is 8.18. The third-order valence-electron chi connectivity index (χ3n) is 4.39. The number of benzene rings is 1. The number of nitrogens with zero attached hydrogens (tertiary/aromatic N) is 4. The van der Waals surface area contributed by atoms with E-state index in [1.165, 1.54) is 0 Å². The highest BCUT2D eigenvalue weighted by atomic mass is 16.2. The number of hydrogen-bond donors (Lipinski definition) is 0. The van der Waals surface area contributed by atoms with Crippen molar-refractivity contribution in [1.82, 2.24) is 14.5 Å². The Bertz CT molecular complexity index is 776. The van der Waals surface area contributed by atoms with E-state index in [1.54, 1.807) is 4.57 Å². The molecule has 2 heterocycles. The number of rotatable bonds is 3. The minimum absolute atomic E-state index is 0.0542. The van der Waals surface area contributed by atoms with Gasteiger partial charge in [0.1, 0.15) is 0 Å². The number of aromatic nitrogens is 2. The number of fused-ring (bicyclic) bond motifs is 1. The zero-order valence-electron chi connectivity index (χ0n) is 13.7. The van der Waals surface area contributed by atoms with Crippen LogP contribution in [0.4, 0.5) is 5.82 Å². The predicted octanol–water partition coefficient (Wildman–Crippen LogP) is 1.47. The van der Waals surface area contributed by atoms with Crippen LogP contribution >= 0.6 is 0 Å². The first kappa shape index (κ1) is 15.5. The normalized spacial score (nSPS) is 15.2. The fourth-order valence-corrected chi connectivity index (χ4v) is 3.09. The fraction of sp³-hybridized carbons (Fsp3) is 0.471. The van der Waals surface area contributed by atoms with Crippen LogP contribution < -0.4 is 10.5 Å². The zero-order chi connectivity index (χ0) is 16.4. The molecule has 0 N–H and O–H groups in total. The molecular weight excluding hydrogens is 292 g/mol. The van der Waals surface area contributed by atoms with Crippen molar-refractivity contribution in [3.8, 4) is 0 Å². The summed E-state index contributed by atoms with van der Waals surface area (Å²) in [6, 6.07) is 7.71. The van der Waals surface area contributed by atoms with E-state index in [9.17, 15) is 9.59 Å². The Morgan fingerprint density at radius 2 is 1.83 bits per heavy atom. The van der Waals surface area contributed by atoms with Gasteiger partial charge in [0.25, 0.3) is 5.56 Å². The average molecular weight is 314 g/mol. The van der Waals surface area contributed by atoms with Crippen molar-refractivity contribution in [2.45, 2.75) is 26.8 Å². The lowest BCUT2D eigenvalue weighted by Gasteiger charge is -2.35. The molecule has 0 radical (unpaired) electrons. The van der Waals surface area contributed by atoms with E-state index in [4.69, 9.17) is 0 Å². The third kappa shape index (κ3) is 2.81. The highest BCUT2D eigenvalue weighted by Crippen LogP contribution is 2.16. The van der Waals surface area contributed by atoms with Gasteiger partial charge in [0.05, 0.1) is 11.0 Å². The highest BCUT2D eigenvalue weighted by Gasteiger charge is 2.23. The van der Waals surface area contributed by atoms with Crippen LogP contribution in [0.3, 0.4) is 0 Å². The van der Waals surface area contributed by atoms with Crippen molar-refractivity contribution in [3.05, 3.63) is 34.6 Å². The molecule has 1 saturated heterocycles. The Hall–Kier alpha value is -2.37. The van der Waals surface area contributed by atoms with E-state index in [0.717, 1.165) is 11.0 Å². The van der Waals surface area contributed by atoms with Crippen LogP contribution in [0.15, 0.2) is 29.1 Å². The quantitative estimate of drug-likeness (QED) is 0.861. The molecular formula is C17H22N4O2. The van der Waals surface area contributed by atoms with Crippen molar-refractivity contribution in [2.75, 3.05) is 31.1 Å². The van der Waals surface area contributed by atoms with Crippen molar-refractivity contribution in [1.29, 1.82) is 0 Å². The summed E-state index contributed by atoms with van der Waals surface area (Å²) < 4.78 is 1.77. The van der Waals surface area contributed by atoms with Crippen LogP contribution in [-0.2, 0) is 11.3 Å². The summed E-state index contributed by atoms with van der Waals surface area (Å²) in [6.07, 6.45) is 0.525. The van der Waals surface area contributed by atoms with Gasteiger partial charge in [0, 0.05) is 39.1 Å². The molecule has 1 aliphatic rings. The second-order valence-corrected chi connectivity index (χ2v) is 5.69. The molecule has 0 saturated carbocycles. The molecule has 0 spiro atoms. The molecule has 1 aromatic carbocycles. The van der Waals surface area contributed by atoms with Gasteiger partial charge in [-0.2, -0.15) is 0 Å². The smallest absolute Gasteiger partial charge is 0.293 e. The summed E-state index contributed by atoms with van der Waals surface area (Å²) in [5, 5.41) is 0. The highest BCUT2D eigenvalue weighted by molar-refractivity contribution is 5.77. The molecule has 1 amide bonds. The van der Waals surface area contributed by atoms with Crippen molar-refractivity contribution in [2.24, 2.45) is 0 Å². The van der Waals surface area contributed by atoms with Crippen LogP contribution in [0.5, 0.6) is 0 Å². The lowest BCUT2D eigenvalue weighted by Crippen LogP contribution is -2.50. The molecule has 2 aromatic rings. The maximum absolute atomic E-state index is 12.8. The number of piperazine rings is 1. The summed E-state index contributed by atoms with van der Waals surface area (Å²) >= 11 is 0. The Morgan fingerprint density at radius 1 is 1.13 bits per heavy atom. The standard InChI is InChI=1S/C17H22N4O2/c1-3-15(22)19-9-11-20(12-10-19)16-17(23)21(4-2)14-8-6-5-7-13(14)18-16/h5-8H,3-4,9-12H2,1-2H3. The van der Waals surface area contributed by atoms with Gasteiger partial charge < -0.3 is 14.4 Å². The lowest BCUT2D eigenvalue weighted by atomic mass is 10.2. The SMILES string of the molecule is CCC(=O)N1CCN(c2nc3ccccc3n(CC)c2=O)CC1. The second kappa shape index (κ2) is 6.40. The van der Waals surface area contributed by atoms with Gasteiger partial charge in [-0.15, -0.1) is 0 Å². The summed E-state index contributed by atoms with van der Waals surface area (Å²) in [4.78, 5) is 33.0. The largest absolute Gasteiger partial charge is 0.348 e. The molecule has 0 atom stereocenters. The van der Waals surface area contributed by atoms with Crippen molar-refractivity contribution < 1.29 is 4.79 Å². The first-order valence-corrected chi connectivity index (χ1v) is 8.18. The monoisotopic (exact) mass is 314 g/mol.